The molecule has 1 fully saturated rings. The van der Waals surface area contributed by atoms with Gasteiger partial charge in [-0.05, 0) is 13.8 Å². The molecule has 0 aromatic carbocycles. The Bertz CT molecular complexity index is 514. The normalized spacial score (nSPS) is 23.0. The second kappa shape index (κ2) is 7.73. The number of rotatable bonds is 5. The van der Waals surface area contributed by atoms with Gasteiger partial charge in [0.2, 0.25) is 5.91 Å². The van der Waals surface area contributed by atoms with Crippen molar-refractivity contribution in [2.75, 3.05) is 26.2 Å². The quantitative estimate of drug-likeness (QED) is 0.894. The molecule has 2 rings (SSSR count). The summed E-state index contributed by atoms with van der Waals surface area (Å²) in [6.45, 7) is 14.0. The molecule has 2 unspecified atom stereocenters. The minimum atomic E-state index is 0.0448. The van der Waals surface area contributed by atoms with Crippen molar-refractivity contribution in [3.05, 3.63) is 16.1 Å². The first kappa shape index (κ1) is 18.4. The number of nitrogens with zero attached hydrogens (tertiary/aromatic N) is 2. The summed E-state index contributed by atoms with van der Waals surface area (Å²) >= 11 is 1.63. The number of nitrogens with one attached hydrogen (secondary N) is 1. The number of thiazole rings is 1. The topological polar surface area (TPSA) is 54.5 Å². The lowest BCUT2D eigenvalue weighted by molar-refractivity contribution is -0.120. The van der Waals surface area contributed by atoms with Crippen LogP contribution >= 0.6 is 11.3 Å². The molecule has 0 spiro atoms. The highest BCUT2D eigenvalue weighted by atomic mass is 32.1. The van der Waals surface area contributed by atoms with Crippen LogP contribution in [0.4, 0.5) is 0 Å². The van der Waals surface area contributed by atoms with Crippen LogP contribution in [0.25, 0.3) is 0 Å². The van der Waals surface area contributed by atoms with Gasteiger partial charge in [-0.3, -0.25) is 9.69 Å². The average Bonchev–Trinajstić information content (AvgIpc) is 2.85. The zero-order valence-corrected chi connectivity index (χ0v) is 15.7. The van der Waals surface area contributed by atoms with E-state index in [0.717, 1.165) is 30.3 Å². The number of ether oxygens (including phenoxy) is 1. The van der Waals surface area contributed by atoms with E-state index >= 15 is 0 Å². The summed E-state index contributed by atoms with van der Waals surface area (Å²) in [4.78, 5) is 19.0. The molecule has 130 valence electrons. The first-order chi connectivity index (χ1) is 10.7. The van der Waals surface area contributed by atoms with Gasteiger partial charge in [-0.25, -0.2) is 4.98 Å². The van der Waals surface area contributed by atoms with Gasteiger partial charge in [-0.2, -0.15) is 0 Å². The first-order valence-corrected chi connectivity index (χ1v) is 9.21. The second-order valence-corrected chi connectivity index (χ2v) is 8.30. The fraction of sp³-hybridized carbons (Fsp3) is 0.765. The van der Waals surface area contributed by atoms with Crippen LogP contribution in [0.5, 0.6) is 0 Å². The summed E-state index contributed by atoms with van der Waals surface area (Å²) < 4.78 is 5.72. The van der Waals surface area contributed by atoms with E-state index in [0.29, 0.717) is 13.0 Å². The summed E-state index contributed by atoms with van der Waals surface area (Å²) in [7, 11) is 0. The Hall–Kier alpha value is -0.980. The Labute approximate surface area is 143 Å². The molecule has 1 aromatic rings. The Morgan fingerprint density at radius 2 is 2.04 bits per heavy atom. The van der Waals surface area contributed by atoms with Crippen molar-refractivity contribution < 1.29 is 9.53 Å². The molecule has 0 aliphatic carbocycles. The molecule has 1 aliphatic rings. The molecule has 1 aliphatic heterocycles. The number of hydrogen-bond donors (Lipinski definition) is 1. The van der Waals surface area contributed by atoms with Gasteiger partial charge in [0, 0.05) is 37.0 Å². The fourth-order valence-electron chi connectivity index (χ4n) is 2.78. The maximum atomic E-state index is 12.1. The Kier molecular flexibility index (Phi) is 6.17. The SMILES string of the molecule is CC1CN(CCNC(=O)Cc2csc(C(C)(C)C)n2)CC(C)O1. The molecule has 23 heavy (non-hydrogen) atoms. The summed E-state index contributed by atoms with van der Waals surface area (Å²) in [5.41, 5.74) is 0.911. The molecule has 0 radical (unpaired) electrons. The standard InChI is InChI=1S/C17H29N3O2S/c1-12-9-20(10-13(2)22-12)7-6-18-15(21)8-14-11-23-16(19-14)17(3,4)5/h11-13H,6-10H2,1-5H3,(H,18,21). The van der Waals surface area contributed by atoms with Crippen molar-refractivity contribution in [1.29, 1.82) is 0 Å². The molecule has 0 bridgehead atoms. The summed E-state index contributed by atoms with van der Waals surface area (Å²) in [6, 6.07) is 0. The van der Waals surface area contributed by atoms with Gasteiger partial charge in [0.25, 0.3) is 0 Å². The summed E-state index contributed by atoms with van der Waals surface area (Å²) in [5.74, 6) is 0.0464. The fourth-order valence-corrected chi connectivity index (χ4v) is 3.69. The number of morpholine rings is 1. The van der Waals surface area contributed by atoms with Crippen LogP contribution in [0, 0.1) is 0 Å². The third kappa shape index (κ3) is 5.86. The minimum absolute atomic E-state index is 0.0448. The summed E-state index contributed by atoms with van der Waals surface area (Å²) in [5, 5.41) is 6.07. The van der Waals surface area contributed by atoms with Crippen molar-refractivity contribution in [2.24, 2.45) is 0 Å². The van der Waals surface area contributed by atoms with Gasteiger partial charge in [0.15, 0.2) is 0 Å². The lowest BCUT2D eigenvalue weighted by Crippen LogP contribution is -2.48. The average molecular weight is 340 g/mol. The lowest BCUT2D eigenvalue weighted by Gasteiger charge is -2.35. The second-order valence-electron chi connectivity index (χ2n) is 7.44. The van der Waals surface area contributed by atoms with E-state index in [2.05, 4.69) is 49.8 Å². The van der Waals surface area contributed by atoms with E-state index < -0.39 is 0 Å². The molecular weight excluding hydrogens is 310 g/mol. The van der Waals surface area contributed by atoms with Gasteiger partial charge >= 0.3 is 0 Å². The highest BCUT2D eigenvalue weighted by Crippen LogP contribution is 2.25. The van der Waals surface area contributed by atoms with E-state index in [1.54, 1.807) is 11.3 Å². The third-order valence-corrected chi connectivity index (χ3v) is 5.10. The maximum absolute atomic E-state index is 12.1. The molecule has 2 atom stereocenters. The van der Waals surface area contributed by atoms with E-state index in [4.69, 9.17) is 4.74 Å². The van der Waals surface area contributed by atoms with Gasteiger partial charge < -0.3 is 10.1 Å². The molecule has 1 amide bonds. The minimum Gasteiger partial charge on any atom is -0.373 e. The number of aromatic nitrogens is 1. The number of carbonyl (C=O) groups is 1. The Morgan fingerprint density at radius 1 is 1.39 bits per heavy atom. The van der Waals surface area contributed by atoms with Crippen LogP contribution in [0.1, 0.15) is 45.3 Å². The largest absolute Gasteiger partial charge is 0.373 e. The molecule has 2 heterocycles. The lowest BCUT2D eigenvalue weighted by atomic mass is 9.98. The third-order valence-electron chi connectivity index (χ3n) is 3.78. The van der Waals surface area contributed by atoms with Crippen molar-refractivity contribution in [1.82, 2.24) is 15.2 Å². The first-order valence-electron chi connectivity index (χ1n) is 8.33. The predicted octanol–water partition coefficient (Wildman–Crippen LogP) is 2.21. The molecule has 0 saturated carbocycles. The zero-order chi connectivity index (χ0) is 17.0. The highest BCUT2D eigenvalue weighted by Gasteiger charge is 2.22. The zero-order valence-electron chi connectivity index (χ0n) is 14.9. The monoisotopic (exact) mass is 339 g/mol. The van der Waals surface area contributed by atoms with Crippen molar-refractivity contribution in [2.45, 2.75) is 58.7 Å². The number of amides is 1. The van der Waals surface area contributed by atoms with Crippen LogP contribution in [0.2, 0.25) is 0 Å². The van der Waals surface area contributed by atoms with E-state index in [-0.39, 0.29) is 23.5 Å². The Balaban J connectivity index is 1.72. The molecule has 5 nitrogen and oxygen atoms in total. The van der Waals surface area contributed by atoms with Crippen LogP contribution < -0.4 is 5.32 Å². The molecule has 1 saturated heterocycles. The molecule has 6 heteroatoms. The smallest absolute Gasteiger partial charge is 0.226 e. The van der Waals surface area contributed by atoms with E-state index in [9.17, 15) is 4.79 Å². The molecular formula is C17H29N3O2S. The maximum Gasteiger partial charge on any atom is 0.226 e. The Morgan fingerprint density at radius 3 is 2.61 bits per heavy atom. The predicted molar refractivity (Wildman–Crippen MR) is 94.0 cm³/mol. The van der Waals surface area contributed by atoms with Crippen molar-refractivity contribution in [3.8, 4) is 0 Å². The van der Waals surface area contributed by atoms with Crippen molar-refractivity contribution in [3.63, 3.8) is 0 Å². The van der Waals surface area contributed by atoms with Gasteiger partial charge in [-0.1, -0.05) is 20.8 Å². The van der Waals surface area contributed by atoms with Crippen molar-refractivity contribution >= 4 is 17.2 Å². The summed E-state index contributed by atoms with van der Waals surface area (Å²) in [6.07, 6.45) is 0.892. The highest BCUT2D eigenvalue weighted by molar-refractivity contribution is 7.09. The molecule has 1 aromatic heterocycles. The van der Waals surface area contributed by atoms with Gasteiger partial charge in [-0.15, -0.1) is 11.3 Å². The van der Waals surface area contributed by atoms with Crippen LogP contribution in [-0.4, -0.2) is 54.2 Å². The molecule has 1 N–H and O–H groups in total. The van der Waals surface area contributed by atoms with E-state index in [1.807, 2.05) is 5.38 Å². The number of carbonyl (C=O) groups excluding carboxylic acids is 1. The van der Waals surface area contributed by atoms with Crippen LogP contribution in [0.15, 0.2) is 5.38 Å². The van der Waals surface area contributed by atoms with Gasteiger partial charge in [0.05, 0.1) is 29.3 Å². The number of hydrogen-bond acceptors (Lipinski definition) is 5. The van der Waals surface area contributed by atoms with Crippen LogP contribution in [0.3, 0.4) is 0 Å². The van der Waals surface area contributed by atoms with E-state index in [1.165, 1.54) is 0 Å². The van der Waals surface area contributed by atoms with Gasteiger partial charge in [0.1, 0.15) is 0 Å². The van der Waals surface area contributed by atoms with Crippen LogP contribution in [-0.2, 0) is 21.4 Å².